The molecule has 0 aliphatic heterocycles. The number of hydrogen-bond donors (Lipinski definition) is 0. The average molecular weight is 266 g/mol. The minimum Gasteiger partial charge on any atom is -0.464 e. The second-order valence-electron chi connectivity index (χ2n) is 3.52. The Balaban J connectivity index is 2.23. The Morgan fingerprint density at radius 3 is 2.67 bits per heavy atom. The molecule has 2 aromatic rings. The SMILES string of the molecule is CCOc1nc(Cl)nc(Oc2cccc(C)c2)n1. The zero-order chi connectivity index (χ0) is 13.0. The Kier molecular flexibility index (Phi) is 3.94. The molecule has 0 N–H and O–H groups in total. The number of rotatable bonds is 4. The Hall–Kier alpha value is -1.88. The molecule has 1 aromatic heterocycles. The standard InChI is InChI=1S/C12H12ClN3O2/c1-3-17-11-14-10(13)15-12(16-11)18-9-6-4-5-8(2)7-9/h4-7H,3H2,1-2H3. The van der Waals surface area contributed by atoms with Crippen LogP contribution in [-0.2, 0) is 0 Å². The average Bonchev–Trinajstić information content (AvgIpc) is 2.28. The third kappa shape index (κ3) is 3.30. The smallest absolute Gasteiger partial charge is 0.329 e. The first-order chi connectivity index (χ1) is 8.67. The number of nitrogens with zero attached hydrogens (tertiary/aromatic N) is 3. The van der Waals surface area contributed by atoms with E-state index >= 15 is 0 Å². The first kappa shape index (κ1) is 12.6. The van der Waals surface area contributed by atoms with Crippen molar-refractivity contribution in [1.29, 1.82) is 0 Å². The minimum atomic E-state index is 0.0381. The maximum absolute atomic E-state index is 5.76. The Morgan fingerprint density at radius 1 is 1.17 bits per heavy atom. The highest BCUT2D eigenvalue weighted by molar-refractivity contribution is 6.28. The van der Waals surface area contributed by atoms with Crippen LogP contribution < -0.4 is 9.47 Å². The van der Waals surface area contributed by atoms with E-state index in [-0.39, 0.29) is 17.3 Å². The highest BCUT2D eigenvalue weighted by atomic mass is 35.5. The maximum atomic E-state index is 5.76. The van der Waals surface area contributed by atoms with E-state index in [2.05, 4.69) is 15.0 Å². The fourth-order valence-corrected chi connectivity index (χ4v) is 1.48. The third-order valence-electron chi connectivity index (χ3n) is 2.04. The van der Waals surface area contributed by atoms with Crippen LogP contribution in [0.1, 0.15) is 12.5 Å². The van der Waals surface area contributed by atoms with Crippen LogP contribution in [0.25, 0.3) is 0 Å². The zero-order valence-electron chi connectivity index (χ0n) is 10.1. The van der Waals surface area contributed by atoms with Gasteiger partial charge >= 0.3 is 12.0 Å². The molecule has 18 heavy (non-hydrogen) atoms. The van der Waals surface area contributed by atoms with Gasteiger partial charge in [-0.3, -0.25) is 0 Å². The van der Waals surface area contributed by atoms with Crippen molar-refractivity contribution in [2.45, 2.75) is 13.8 Å². The van der Waals surface area contributed by atoms with Gasteiger partial charge in [0.2, 0.25) is 5.28 Å². The molecule has 0 fully saturated rings. The van der Waals surface area contributed by atoms with Gasteiger partial charge in [-0.05, 0) is 43.1 Å². The molecule has 5 nitrogen and oxygen atoms in total. The van der Waals surface area contributed by atoms with Crippen molar-refractivity contribution in [3.63, 3.8) is 0 Å². The number of aryl methyl sites for hydroxylation is 1. The highest BCUT2D eigenvalue weighted by Crippen LogP contribution is 2.21. The van der Waals surface area contributed by atoms with Gasteiger partial charge in [0.25, 0.3) is 0 Å². The molecule has 6 heteroatoms. The van der Waals surface area contributed by atoms with Gasteiger partial charge in [-0.25, -0.2) is 0 Å². The van der Waals surface area contributed by atoms with E-state index < -0.39 is 0 Å². The lowest BCUT2D eigenvalue weighted by Gasteiger charge is -2.06. The van der Waals surface area contributed by atoms with E-state index in [1.165, 1.54) is 0 Å². The van der Waals surface area contributed by atoms with Gasteiger partial charge in [0.05, 0.1) is 6.61 Å². The molecule has 0 saturated heterocycles. The van der Waals surface area contributed by atoms with Crippen molar-refractivity contribution in [1.82, 2.24) is 15.0 Å². The number of aromatic nitrogens is 3. The summed E-state index contributed by atoms with van der Waals surface area (Å²) >= 11 is 5.76. The summed E-state index contributed by atoms with van der Waals surface area (Å²) in [7, 11) is 0. The topological polar surface area (TPSA) is 57.1 Å². The fourth-order valence-electron chi connectivity index (χ4n) is 1.34. The molecule has 1 heterocycles. The molecular weight excluding hydrogens is 254 g/mol. The van der Waals surface area contributed by atoms with Crippen LogP contribution in [-0.4, -0.2) is 21.6 Å². The van der Waals surface area contributed by atoms with Crippen molar-refractivity contribution in [2.24, 2.45) is 0 Å². The second kappa shape index (κ2) is 5.64. The maximum Gasteiger partial charge on any atom is 0.329 e. The molecule has 0 bridgehead atoms. The van der Waals surface area contributed by atoms with E-state index in [1.54, 1.807) is 0 Å². The van der Waals surface area contributed by atoms with Crippen molar-refractivity contribution >= 4 is 11.6 Å². The molecule has 2 rings (SSSR count). The molecule has 0 amide bonds. The van der Waals surface area contributed by atoms with Crippen LogP contribution in [0.4, 0.5) is 0 Å². The molecular formula is C12H12ClN3O2. The van der Waals surface area contributed by atoms with E-state index in [0.717, 1.165) is 5.56 Å². The molecule has 0 saturated carbocycles. The van der Waals surface area contributed by atoms with Crippen LogP contribution in [0.2, 0.25) is 5.28 Å². The van der Waals surface area contributed by atoms with Gasteiger partial charge in [0, 0.05) is 0 Å². The summed E-state index contributed by atoms with van der Waals surface area (Å²) in [6, 6.07) is 7.81. The largest absolute Gasteiger partial charge is 0.464 e. The summed E-state index contributed by atoms with van der Waals surface area (Å²) in [5.41, 5.74) is 1.08. The number of halogens is 1. The predicted octanol–water partition coefficient (Wildman–Crippen LogP) is 3.02. The quantitative estimate of drug-likeness (QED) is 0.850. The molecule has 0 spiro atoms. The van der Waals surface area contributed by atoms with Gasteiger partial charge in [-0.15, -0.1) is 4.98 Å². The monoisotopic (exact) mass is 265 g/mol. The predicted molar refractivity (Wildman–Crippen MR) is 67.3 cm³/mol. The zero-order valence-corrected chi connectivity index (χ0v) is 10.8. The number of ether oxygens (including phenoxy) is 2. The Bertz CT molecular complexity index is 549. The van der Waals surface area contributed by atoms with Crippen LogP contribution in [0.15, 0.2) is 24.3 Å². The van der Waals surface area contributed by atoms with Gasteiger partial charge in [0.15, 0.2) is 0 Å². The first-order valence-electron chi connectivity index (χ1n) is 5.46. The van der Waals surface area contributed by atoms with Gasteiger partial charge in [0.1, 0.15) is 5.75 Å². The summed E-state index contributed by atoms with van der Waals surface area (Å²) < 4.78 is 10.7. The van der Waals surface area contributed by atoms with Crippen LogP contribution in [0.3, 0.4) is 0 Å². The van der Waals surface area contributed by atoms with Crippen molar-refractivity contribution < 1.29 is 9.47 Å². The summed E-state index contributed by atoms with van der Waals surface area (Å²) in [5.74, 6) is 0.639. The molecule has 0 radical (unpaired) electrons. The molecule has 94 valence electrons. The lowest BCUT2D eigenvalue weighted by Crippen LogP contribution is -2.01. The van der Waals surface area contributed by atoms with Crippen LogP contribution >= 0.6 is 11.6 Å². The molecule has 1 aromatic carbocycles. The van der Waals surface area contributed by atoms with Gasteiger partial charge in [-0.1, -0.05) is 12.1 Å². The fraction of sp³-hybridized carbons (Fsp3) is 0.250. The molecule has 0 atom stereocenters. The summed E-state index contributed by atoms with van der Waals surface area (Å²) in [5, 5.41) is 0.0381. The molecule has 0 aliphatic rings. The third-order valence-corrected chi connectivity index (χ3v) is 2.21. The van der Waals surface area contributed by atoms with E-state index in [0.29, 0.717) is 12.4 Å². The number of hydrogen-bond acceptors (Lipinski definition) is 5. The van der Waals surface area contributed by atoms with E-state index in [1.807, 2.05) is 38.1 Å². The van der Waals surface area contributed by atoms with Crippen LogP contribution in [0, 0.1) is 6.92 Å². The molecule has 0 aliphatic carbocycles. The second-order valence-corrected chi connectivity index (χ2v) is 3.86. The normalized spacial score (nSPS) is 10.2. The van der Waals surface area contributed by atoms with E-state index in [9.17, 15) is 0 Å². The summed E-state index contributed by atoms with van der Waals surface area (Å²) in [6.07, 6.45) is 0. The minimum absolute atomic E-state index is 0.0381. The lowest BCUT2D eigenvalue weighted by atomic mass is 10.2. The highest BCUT2D eigenvalue weighted by Gasteiger charge is 2.07. The van der Waals surface area contributed by atoms with E-state index in [4.69, 9.17) is 21.1 Å². The Morgan fingerprint density at radius 2 is 1.94 bits per heavy atom. The van der Waals surface area contributed by atoms with Gasteiger partial charge in [-0.2, -0.15) is 9.97 Å². The summed E-state index contributed by atoms with van der Waals surface area (Å²) in [4.78, 5) is 11.7. The first-order valence-corrected chi connectivity index (χ1v) is 5.84. The van der Waals surface area contributed by atoms with Crippen molar-refractivity contribution in [3.05, 3.63) is 35.1 Å². The van der Waals surface area contributed by atoms with Gasteiger partial charge < -0.3 is 9.47 Å². The molecule has 0 unspecified atom stereocenters. The lowest BCUT2D eigenvalue weighted by molar-refractivity contribution is 0.303. The van der Waals surface area contributed by atoms with Crippen molar-refractivity contribution in [3.8, 4) is 17.8 Å². The van der Waals surface area contributed by atoms with Crippen LogP contribution in [0.5, 0.6) is 17.8 Å². The summed E-state index contributed by atoms with van der Waals surface area (Å²) in [6.45, 7) is 4.25. The van der Waals surface area contributed by atoms with Crippen molar-refractivity contribution in [2.75, 3.05) is 6.61 Å². The Labute approximate surface area is 110 Å². The number of benzene rings is 1.